The summed E-state index contributed by atoms with van der Waals surface area (Å²) >= 11 is 0. The van der Waals surface area contributed by atoms with Crippen LogP contribution in [0.25, 0.3) is 33.6 Å². The van der Waals surface area contributed by atoms with Gasteiger partial charge in [-0.25, -0.2) is 9.78 Å². The molecule has 4 rings (SSSR count). The average molecular weight is 330 g/mol. The number of esters is 1. The van der Waals surface area contributed by atoms with Crippen molar-refractivity contribution >= 4 is 17.1 Å². The molecule has 0 aliphatic rings. The molecule has 2 aromatic carbocycles. The van der Waals surface area contributed by atoms with Crippen LogP contribution in [0.15, 0.2) is 71.3 Å². The lowest BCUT2D eigenvalue weighted by Crippen LogP contribution is -2.03. The minimum atomic E-state index is -0.454. The number of carbonyl (C=O) groups is 1. The predicted molar refractivity (Wildman–Crippen MR) is 94.0 cm³/mol. The number of ether oxygens (including phenoxy) is 1. The van der Waals surface area contributed by atoms with E-state index in [-0.39, 0.29) is 0 Å². The van der Waals surface area contributed by atoms with Crippen molar-refractivity contribution in [1.82, 2.24) is 10.1 Å². The lowest BCUT2D eigenvalue weighted by molar-refractivity contribution is 0.0603. The maximum absolute atomic E-state index is 12.4. The van der Waals surface area contributed by atoms with Gasteiger partial charge in [-0.15, -0.1) is 0 Å². The number of methoxy groups -OCH3 is 1. The molecular weight excluding hydrogens is 316 g/mol. The fraction of sp³-hybridized carbons (Fsp3) is 0.0500. The summed E-state index contributed by atoms with van der Waals surface area (Å²) in [4.78, 5) is 16.9. The van der Waals surface area contributed by atoms with Crippen LogP contribution in [0.5, 0.6) is 0 Å². The molecule has 0 saturated carbocycles. The molecule has 0 aliphatic heterocycles. The first-order chi connectivity index (χ1) is 12.3. The second kappa shape index (κ2) is 6.20. The molecule has 0 N–H and O–H groups in total. The molecule has 122 valence electrons. The molecule has 5 nitrogen and oxygen atoms in total. The van der Waals surface area contributed by atoms with Gasteiger partial charge in [-0.2, -0.15) is 0 Å². The SMILES string of the molecule is COC(=O)c1cc(-c2ccccc2)nc2onc(-c3ccccc3)c12. The third-order valence-corrected chi connectivity index (χ3v) is 3.97. The summed E-state index contributed by atoms with van der Waals surface area (Å²) in [6.07, 6.45) is 0. The van der Waals surface area contributed by atoms with Gasteiger partial charge in [0.2, 0.25) is 0 Å². The van der Waals surface area contributed by atoms with E-state index in [0.717, 1.165) is 11.1 Å². The molecule has 5 heteroatoms. The first kappa shape index (κ1) is 15.1. The predicted octanol–water partition coefficient (Wildman–Crippen LogP) is 4.34. The number of hydrogen-bond acceptors (Lipinski definition) is 5. The largest absolute Gasteiger partial charge is 0.465 e. The van der Waals surface area contributed by atoms with Gasteiger partial charge in [-0.1, -0.05) is 65.8 Å². The maximum Gasteiger partial charge on any atom is 0.338 e. The summed E-state index contributed by atoms with van der Waals surface area (Å²) in [7, 11) is 1.35. The van der Waals surface area contributed by atoms with Gasteiger partial charge in [-0.3, -0.25) is 0 Å². The molecule has 2 heterocycles. The minimum absolute atomic E-state index is 0.306. The molecule has 0 spiro atoms. The fourth-order valence-corrected chi connectivity index (χ4v) is 2.77. The smallest absolute Gasteiger partial charge is 0.338 e. The number of carbonyl (C=O) groups excluding carboxylic acids is 1. The average Bonchev–Trinajstić information content (AvgIpc) is 3.12. The summed E-state index contributed by atoms with van der Waals surface area (Å²) in [5.74, 6) is -0.454. The van der Waals surface area contributed by atoms with Gasteiger partial charge in [0.15, 0.2) is 0 Å². The molecule has 0 saturated heterocycles. The summed E-state index contributed by atoms with van der Waals surface area (Å²) in [5, 5.41) is 4.69. The summed E-state index contributed by atoms with van der Waals surface area (Å²) in [6, 6.07) is 20.8. The summed E-state index contributed by atoms with van der Waals surface area (Å²) in [5.41, 5.74) is 3.62. The zero-order chi connectivity index (χ0) is 17.2. The van der Waals surface area contributed by atoms with Gasteiger partial charge in [0.25, 0.3) is 5.71 Å². The highest BCUT2D eigenvalue weighted by molar-refractivity contribution is 6.08. The summed E-state index contributed by atoms with van der Waals surface area (Å²) < 4.78 is 10.4. The third-order valence-electron chi connectivity index (χ3n) is 3.97. The van der Waals surface area contributed by atoms with Crippen LogP contribution in [-0.4, -0.2) is 23.2 Å². The Morgan fingerprint density at radius 1 is 0.960 bits per heavy atom. The van der Waals surface area contributed by atoms with E-state index >= 15 is 0 Å². The van der Waals surface area contributed by atoms with Crippen molar-refractivity contribution in [3.63, 3.8) is 0 Å². The first-order valence-corrected chi connectivity index (χ1v) is 7.77. The number of rotatable bonds is 3. The molecule has 0 aliphatic carbocycles. The van der Waals surface area contributed by atoms with E-state index in [1.54, 1.807) is 6.07 Å². The van der Waals surface area contributed by atoms with Gasteiger partial charge in [0.05, 0.1) is 23.8 Å². The second-order valence-electron chi connectivity index (χ2n) is 5.49. The van der Waals surface area contributed by atoms with E-state index in [0.29, 0.717) is 28.1 Å². The Morgan fingerprint density at radius 2 is 1.60 bits per heavy atom. The highest BCUT2D eigenvalue weighted by Crippen LogP contribution is 2.32. The molecule has 0 fully saturated rings. The van der Waals surface area contributed by atoms with Gasteiger partial charge in [0, 0.05) is 11.1 Å². The zero-order valence-electron chi connectivity index (χ0n) is 13.5. The monoisotopic (exact) mass is 330 g/mol. The van der Waals surface area contributed by atoms with Gasteiger partial charge in [-0.05, 0) is 6.07 Å². The van der Waals surface area contributed by atoms with Gasteiger partial charge in [0.1, 0.15) is 5.69 Å². The van der Waals surface area contributed by atoms with Crippen molar-refractivity contribution in [3.05, 3.63) is 72.3 Å². The van der Waals surface area contributed by atoms with Gasteiger partial charge < -0.3 is 9.26 Å². The Bertz CT molecular complexity index is 1040. The zero-order valence-corrected chi connectivity index (χ0v) is 13.5. The topological polar surface area (TPSA) is 65.2 Å². The van der Waals surface area contributed by atoms with Crippen LogP contribution in [0, 0.1) is 0 Å². The van der Waals surface area contributed by atoms with Crippen LogP contribution in [0.2, 0.25) is 0 Å². The molecule has 0 unspecified atom stereocenters. The van der Waals surface area contributed by atoms with Crippen LogP contribution >= 0.6 is 0 Å². The molecule has 4 aromatic rings. The first-order valence-electron chi connectivity index (χ1n) is 7.77. The van der Waals surface area contributed by atoms with Crippen LogP contribution in [0.3, 0.4) is 0 Å². The molecule has 0 radical (unpaired) electrons. The lowest BCUT2D eigenvalue weighted by Gasteiger charge is -2.06. The van der Waals surface area contributed by atoms with Crippen LogP contribution in [0.1, 0.15) is 10.4 Å². The number of aromatic nitrogens is 2. The molecule has 25 heavy (non-hydrogen) atoms. The Labute approximate surface area is 143 Å². The lowest BCUT2D eigenvalue weighted by atomic mass is 10.0. The quantitative estimate of drug-likeness (QED) is 0.523. The Balaban J connectivity index is 1.99. The molecule has 0 amide bonds. The molecule has 2 aromatic heterocycles. The van der Waals surface area contributed by atoms with Crippen molar-refractivity contribution in [2.24, 2.45) is 0 Å². The van der Waals surface area contributed by atoms with E-state index in [1.807, 2.05) is 60.7 Å². The van der Waals surface area contributed by atoms with Crippen molar-refractivity contribution in [2.45, 2.75) is 0 Å². The van der Waals surface area contributed by atoms with Crippen LogP contribution in [-0.2, 0) is 4.74 Å². The van der Waals surface area contributed by atoms with E-state index in [4.69, 9.17) is 9.26 Å². The maximum atomic E-state index is 12.4. The van der Waals surface area contributed by atoms with Crippen LogP contribution < -0.4 is 0 Å². The van der Waals surface area contributed by atoms with Gasteiger partial charge >= 0.3 is 5.97 Å². The Morgan fingerprint density at radius 3 is 2.24 bits per heavy atom. The highest BCUT2D eigenvalue weighted by Gasteiger charge is 2.22. The highest BCUT2D eigenvalue weighted by atomic mass is 16.5. The number of hydrogen-bond donors (Lipinski definition) is 0. The number of fused-ring (bicyclic) bond motifs is 1. The third kappa shape index (κ3) is 2.65. The van der Waals surface area contributed by atoms with Crippen molar-refractivity contribution < 1.29 is 14.1 Å². The van der Waals surface area contributed by atoms with Crippen molar-refractivity contribution in [2.75, 3.05) is 7.11 Å². The number of benzene rings is 2. The number of pyridine rings is 1. The van der Waals surface area contributed by atoms with Crippen molar-refractivity contribution in [1.29, 1.82) is 0 Å². The van der Waals surface area contributed by atoms with E-state index < -0.39 is 5.97 Å². The molecule has 0 bridgehead atoms. The van der Waals surface area contributed by atoms with Crippen molar-refractivity contribution in [3.8, 4) is 22.5 Å². The second-order valence-corrected chi connectivity index (χ2v) is 5.49. The Hall–Kier alpha value is -3.47. The van der Waals surface area contributed by atoms with E-state index in [2.05, 4.69) is 10.1 Å². The fourth-order valence-electron chi connectivity index (χ4n) is 2.77. The number of nitrogens with zero attached hydrogens (tertiary/aromatic N) is 2. The minimum Gasteiger partial charge on any atom is -0.465 e. The Kier molecular flexibility index (Phi) is 3.74. The summed E-state index contributed by atoms with van der Waals surface area (Å²) in [6.45, 7) is 0. The molecular formula is C20H14N2O3. The normalized spacial score (nSPS) is 10.8. The molecule has 0 atom stereocenters. The van der Waals surface area contributed by atoms with Crippen LogP contribution in [0.4, 0.5) is 0 Å². The van der Waals surface area contributed by atoms with E-state index in [1.165, 1.54) is 7.11 Å². The standard InChI is InChI=1S/C20H14N2O3/c1-24-20(23)15-12-16(13-8-4-2-5-9-13)21-19-17(15)18(22-25-19)14-10-6-3-7-11-14/h2-12H,1H3. The van der Waals surface area contributed by atoms with E-state index in [9.17, 15) is 4.79 Å².